The molecule has 5 N–H and O–H groups in total. The first-order valence-electron chi connectivity index (χ1n) is 9.33. The van der Waals surface area contributed by atoms with Gasteiger partial charge in [0.05, 0.1) is 28.1 Å². The minimum Gasteiger partial charge on any atom is -0.480 e. The summed E-state index contributed by atoms with van der Waals surface area (Å²) in [7, 11) is 0. The SMILES string of the molecule is CC(O)[C@H](NC(=O)c1cc2ccccc2cc1NC(=O)Nc1ccccc1Cl)C(=O)O. The van der Waals surface area contributed by atoms with Crippen LogP contribution in [0.1, 0.15) is 17.3 Å². The number of aliphatic carboxylic acids is 1. The molecular formula is C22H20ClN3O5. The van der Waals surface area contributed by atoms with E-state index in [1.165, 1.54) is 13.0 Å². The predicted molar refractivity (Wildman–Crippen MR) is 119 cm³/mol. The van der Waals surface area contributed by atoms with Crippen LogP contribution < -0.4 is 16.0 Å². The van der Waals surface area contributed by atoms with Gasteiger partial charge in [-0.3, -0.25) is 4.79 Å². The number of carboxylic acid groups (broad SMARTS) is 1. The highest BCUT2D eigenvalue weighted by atomic mass is 35.5. The minimum absolute atomic E-state index is 0.0416. The number of fused-ring (bicyclic) bond motifs is 1. The predicted octanol–water partition coefficient (Wildman–Crippen LogP) is 3.70. The maximum Gasteiger partial charge on any atom is 0.328 e. The van der Waals surface area contributed by atoms with E-state index in [1.54, 1.807) is 42.5 Å². The highest BCUT2D eigenvalue weighted by molar-refractivity contribution is 6.33. The van der Waals surface area contributed by atoms with E-state index in [2.05, 4.69) is 16.0 Å². The van der Waals surface area contributed by atoms with Gasteiger partial charge in [0.25, 0.3) is 5.91 Å². The number of nitrogens with one attached hydrogen (secondary N) is 3. The van der Waals surface area contributed by atoms with E-state index >= 15 is 0 Å². The van der Waals surface area contributed by atoms with Gasteiger partial charge in [0.2, 0.25) is 0 Å². The van der Waals surface area contributed by atoms with Crippen molar-refractivity contribution in [1.29, 1.82) is 0 Å². The molecule has 3 aromatic rings. The number of carboxylic acids is 1. The second-order valence-electron chi connectivity index (χ2n) is 6.83. The van der Waals surface area contributed by atoms with Crippen molar-refractivity contribution in [2.75, 3.05) is 10.6 Å². The van der Waals surface area contributed by atoms with Crippen molar-refractivity contribution < 1.29 is 24.6 Å². The molecule has 0 heterocycles. The van der Waals surface area contributed by atoms with Gasteiger partial charge >= 0.3 is 12.0 Å². The molecular weight excluding hydrogens is 422 g/mol. The third-order valence-corrected chi connectivity index (χ3v) is 4.87. The Morgan fingerprint density at radius 3 is 2.10 bits per heavy atom. The summed E-state index contributed by atoms with van der Waals surface area (Å²) in [5.41, 5.74) is 0.587. The maximum absolute atomic E-state index is 12.8. The molecule has 0 fully saturated rings. The number of halogens is 1. The van der Waals surface area contributed by atoms with Gasteiger partial charge in [0.15, 0.2) is 6.04 Å². The lowest BCUT2D eigenvalue weighted by Crippen LogP contribution is -2.47. The molecule has 0 aliphatic rings. The Labute approximate surface area is 182 Å². The van der Waals surface area contributed by atoms with E-state index in [9.17, 15) is 24.6 Å². The Balaban J connectivity index is 1.93. The first-order chi connectivity index (χ1) is 14.8. The van der Waals surface area contributed by atoms with E-state index in [0.29, 0.717) is 16.1 Å². The lowest BCUT2D eigenvalue weighted by Gasteiger charge is -2.19. The lowest BCUT2D eigenvalue weighted by molar-refractivity contribution is -0.141. The van der Waals surface area contributed by atoms with E-state index in [4.69, 9.17) is 11.6 Å². The molecule has 9 heteroatoms. The summed E-state index contributed by atoms with van der Waals surface area (Å²) in [6, 6.07) is 14.9. The molecule has 3 amide bonds. The van der Waals surface area contributed by atoms with Crippen LogP contribution in [0.5, 0.6) is 0 Å². The van der Waals surface area contributed by atoms with Gasteiger partial charge in [0, 0.05) is 0 Å². The Kier molecular flexibility index (Phi) is 6.74. The van der Waals surface area contributed by atoms with Crippen LogP contribution in [0.2, 0.25) is 5.02 Å². The molecule has 0 saturated heterocycles. The molecule has 3 rings (SSSR count). The van der Waals surface area contributed by atoms with E-state index < -0.39 is 30.1 Å². The number of benzene rings is 3. The molecule has 31 heavy (non-hydrogen) atoms. The summed E-state index contributed by atoms with van der Waals surface area (Å²) < 4.78 is 0. The van der Waals surface area contributed by atoms with Gasteiger partial charge in [-0.2, -0.15) is 0 Å². The number of urea groups is 1. The average Bonchev–Trinajstić information content (AvgIpc) is 2.72. The lowest BCUT2D eigenvalue weighted by atomic mass is 10.0. The number of carbonyl (C=O) groups excluding carboxylic acids is 2. The molecule has 0 radical (unpaired) electrons. The fraction of sp³-hybridized carbons (Fsp3) is 0.136. The highest BCUT2D eigenvalue weighted by Gasteiger charge is 2.27. The largest absolute Gasteiger partial charge is 0.480 e. The van der Waals surface area contributed by atoms with Gasteiger partial charge in [-0.1, -0.05) is 48.0 Å². The minimum atomic E-state index is -1.51. The molecule has 3 aromatic carbocycles. The van der Waals surface area contributed by atoms with Gasteiger partial charge < -0.3 is 26.2 Å². The number of aliphatic hydroxyl groups excluding tert-OH is 1. The summed E-state index contributed by atoms with van der Waals surface area (Å²) in [5.74, 6) is -2.14. The van der Waals surface area contributed by atoms with E-state index in [-0.39, 0.29) is 11.3 Å². The van der Waals surface area contributed by atoms with Crippen LogP contribution in [0, 0.1) is 0 Å². The summed E-state index contributed by atoms with van der Waals surface area (Å²) in [4.78, 5) is 36.7. The number of carbonyl (C=O) groups is 3. The molecule has 160 valence electrons. The monoisotopic (exact) mass is 441 g/mol. The molecule has 0 spiro atoms. The van der Waals surface area contributed by atoms with E-state index in [1.807, 2.05) is 12.1 Å². The fourth-order valence-corrected chi connectivity index (χ4v) is 3.16. The van der Waals surface area contributed by atoms with Crippen LogP contribution in [0.15, 0.2) is 60.7 Å². The highest BCUT2D eigenvalue weighted by Crippen LogP contribution is 2.26. The number of hydrogen-bond donors (Lipinski definition) is 5. The summed E-state index contributed by atoms with van der Waals surface area (Å²) >= 11 is 6.06. The summed E-state index contributed by atoms with van der Waals surface area (Å²) in [5, 5.41) is 28.2. The fourth-order valence-electron chi connectivity index (χ4n) is 2.98. The van der Waals surface area contributed by atoms with Crippen LogP contribution in [0.25, 0.3) is 10.8 Å². The maximum atomic E-state index is 12.8. The van der Waals surface area contributed by atoms with Gasteiger partial charge in [-0.05, 0) is 42.0 Å². The van der Waals surface area contributed by atoms with Crippen LogP contribution in [0.3, 0.4) is 0 Å². The Morgan fingerprint density at radius 2 is 1.48 bits per heavy atom. The molecule has 0 aliphatic carbocycles. The van der Waals surface area contributed by atoms with Crippen LogP contribution in [0.4, 0.5) is 16.2 Å². The van der Waals surface area contributed by atoms with Crippen molar-refractivity contribution in [1.82, 2.24) is 5.32 Å². The van der Waals surface area contributed by atoms with Crippen molar-refractivity contribution in [2.45, 2.75) is 19.1 Å². The van der Waals surface area contributed by atoms with E-state index in [0.717, 1.165) is 5.39 Å². The number of hydrogen-bond acceptors (Lipinski definition) is 4. The normalized spacial score (nSPS) is 12.6. The second kappa shape index (κ2) is 9.46. The third-order valence-electron chi connectivity index (χ3n) is 4.54. The molecule has 0 bridgehead atoms. The zero-order chi connectivity index (χ0) is 22.5. The molecule has 0 saturated carbocycles. The molecule has 8 nitrogen and oxygen atoms in total. The smallest absolute Gasteiger partial charge is 0.328 e. The Bertz CT molecular complexity index is 1150. The van der Waals surface area contributed by atoms with Crippen molar-refractivity contribution in [3.63, 3.8) is 0 Å². The van der Waals surface area contributed by atoms with Crippen molar-refractivity contribution in [2.24, 2.45) is 0 Å². The second-order valence-corrected chi connectivity index (χ2v) is 7.24. The molecule has 2 atom stereocenters. The Hall–Kier alpha value is -3.62. The first kappa shape index (κ1) is 22.1. The molecule has 0 aliphatic heterocycles. The van der Waals surface area contributed by atoms with Gasteiger partial charge in [-0.25, -0.2) is 9.59 Å². The van der Waals surface area contributed by atoms with Crippen LogP contribution in [-0.4, -0.2) is 40.3 Å². The number of aliphatic hydroxyl groups is 1. The summed E-state index contributed by atoms with van der Waals surface area (Å²) in [6.07, 6.45) is -1.32. The topological polar surface area (TPSA) is 128 Å². The van der Waals surface area contributed by atoms with Gasteiger partial charge in [0.1, 0.15) is 0 Å². The Morgan fingerprint density at radius 1 is 0.903 bits per heavy atom. The molecule has 1 unspecified atom stereocenters. The van der Waals surface area contributed by atoms with Crippen LogP contribution in [-0.2, 0) is 4.79 Å². The number of para-hydroxylation sites is 1. The average molecular weight is 442 g/mol. The molecule has 0 aromatic heterocycles. The first-order valence-corrected chi connectivity index (χ1v) is 9.71. The summed E-state index contributed by atoms with van der Waals surface area (Å²) in [6.45, 7) is 1.26. The van der Waals surface area contributed by atoms with Crippen molar-refractivity contribution >= 4 is 51.7 Å². The van der Waals surface area contributed by atoms with Crippen molar-refractivity contribution in [3.05, 3.63) is 71.2 Å². The zero-order valence-electron chi connectivity index (χ0n) is 16.4. The zero-order valence-corrected chi connectivity index (χ0v) is 17.2. The van der Waals surface area contributed by atoms with Gasteiger partial charge in [-0.15, -0.1) is 0 Å². The quantitative estimate of drug-likeness (QED) is 0.398. The van der Waals surface area contributed by atoms with Crippen LogP contribution >= 0.6 is 11.6 Å². The van der Waals surface area contributed by atoms with Crippen molar-refractivity contribution in [3.8, 4) is 0 Å². The number of rotatable bonds is 6. The number of amides is 3. The number of anilines is 2. The third kappa shape index (κ3) is 5.30. The standard InChI is InChI=1S/C22H20ClN3O5/c1-12(27)19(21(29)30)26-20(28)15-10-13-6-2-3-7-14(13)11-18(15)25-22(31)24-17-9-5-4-8-16(17)23/h2-12,19,27H,1H3,(H,26,28)(H,29,30)(H2,24,25,31)/t12?,19-/m0/s1.